The lowest BCUT2D eigenvalue weighted by molar-refractivity contribution is 0.0493. The number of nitroso groups, excluding NO2 is 1. The van der Waals surface area contributed by atoms with Crippen molar-refractivity contribution >= 4 is 30.1 Å². The lowest BCUT2D eigenvalue weighted by atomic mass is 9.76. The first-order valence-corrected chi connectivity index (χ1v) is 14.5. The van der Waals surface area contributed by atoms with Crippen molar-refractivity contribution in [2.75, 3.05) is 4.90 Å². The van der Waals surface area contributed by atoms with Crippen molar-refractivity contribution in [2.24, 2.45) is 5.18 Å². The summed E-state index contributed by atoms with van der Waals surface area (Å²) >= 11 is 4.68. The Balaban J connectivity index is 1.22. The number of benzene rings is 5. The predicted octanol–water partition coefficient (Wildman–Crippen LogP) is 9.81. The Morgan fingerprint density at radius 3 is 2.02 bits per heavy atom. The molecule has 206 valence electrons. The van der Waals surface area contributed by atoms with Gasteiger partial charge in [0.15, 0.2) is 0 Å². The van der Waals surface area contributed by atoms with Crippen molar-refractivity contribution in [1.29, 1.82) is 0 Å². The Kier molecular flexibility index (Phi) is 6.28. The van der Waals surface area contributed by atoms with E-state index in [-0.39, 0.29) is 5.41 Å². The highest BCUT2D eigenvalue weighted by Gasteiger charge is 2.58. The molecule has 5 aromatic carbocycles. The third-order valence-electron chi connectivity index (χ3n) is 8.72. The highest BCUT2D eigenvalue weighted by Crippen LogP contribution is 2.56. The fourth-order valence-electron chi connectivity index (χ4n) is 6.40. The summed E-state index contributed by atoms with van der Waals surface area (Å²) in [7, 11) is 0. The summed E-state index contributed by atoms with van der Waals surface area (Å²) in [6.07, 6.45) is 4.16. The van der Waals surface area contributed by atoms with Crippen LogP contribution in [0.25, 0.3) is 28.3 Å². The lowest BCUT2D eigenvalue weighted by Crippen LogP contribution is -2.59. The zero-order chi connectivity index (χ0) is 28.9. The minimum atomic E-state index is -0.788. The smallest absolute Gasteiger partial charge is 0.212 e. The molecule has 2 heterocycles. The van der Waals surface area contributed by atoms with Gasteiger partial charge in [0.25, 0.3) is 0 Å². The van der Waals surface area contributed by atoms with E-state index in [1.165, 1.54) is 33.4 Å². The lowest BCUT2D eigenvalue weighted by Gasteiger charge is -2.47. The minimum absolute atomic E-state index is 0.337. The molecule has 0 N–H and O–H groups in total. The van der Waals surface area contributed by atoms with Crippen molar-refractivity contribution in [3.63, 3.8) is 0 Å². The van der Waals surface area contributed by atoms with Gasteiger partial charge in [0.2, 0.25) is 5.72 Å². The Hall–Kier alpha value is -4.61. The van der Waals surface area contributed by atoms with Crippen LogP contribution in [-0.2, 0) is 12.0 Å². The number of rotatable bonds is 5. The number of hydrogen-bond donors (Lipinski definition) is 1. The normalized spacial score (nSPS) is 17.9. The maximum absolute atomic E-state index is 11.2. The average Bonchev–Trinajstić information content (AvgIpc) is 3.20. The highest BCUT2D eigenvalue weighted by molar-refractivity contribution is 7.80. The minimum Gasteiger partial charge on any atom is -0.462 e. The molecule has 42 heavy (non-hydrogen) atoms. The molecule has 0 radical (unpaired) electrons. The molecule has 5 heteroatoms. The Morgan fingerprint density at radius 1 is 0.762 bits per heavy atom. The highest BCUT2D eigenvalue weighted by atomic mass is 32.1. The van der Waals surface area contributed by atoms with Gasteiger partial charge in [-0.1, -0.05) is 97.1 Å². The summed E-state index contributed by atoms with van der Waals surface area (Å²) in [5, 5.41) is 3.11. The number of nitrogens with zero attached hydrogens (tertiary/aromatic N) is 2. The van der Waals surface area contributed by atoms with Crippen LogP contribution in [0.15, 0.2) is 131 Å². The van der Waals surface area contributed by atoms with Crippen LogP contribution < -0.4 is 9.64 Å². The third-order valence-corrected chi connectivity index (χ3v) is 9.05. The molecule has 2 aliphatic rings. The quantitative estimate of drug-likeness (QED) is 0.170. The molecule has 1 unspecified atom stereocenters. The van der Waals surface area contributed by atoms with Crippen LogP contribution in [0.1, 0.15) is 30.5 Å². The van der Waals surface area contributed by atoms with Crippen molar-refractivity contribution in [2.45, 2.75) is 36.4 Å². The summed E-state index contributed by atoms with van der Waals surface area (Å²) < 4.78 is 6.95. The third kappa shape index (κ3) is 4.15. The average molecular weight is 567 g/mol. The van der Waals surface area contributed by atoms with E-state index in [1.807, 2.05) is 12.1 Å². The Labute approximate surface area is 251 Å². The molecule has 0 amide bonds. The molecular weight excluding hydrogens is 536 g/mol. The summed E-state index contributed by atoms with van der Waals surface area (Å²) in [6, 6.07) is 39.9. The molecule has 0 saturated heterocycles. The molecular formula is C37H30N2O2S. The van der Waals surface area contributed by atoms with Gasteiger partial charge in [-0.15, -0.1) is 17.5 Å². The molecule has 7 rings (SSSR count). The standard InChI is InChI=1S/C37H30N2O2S/c1-36(2)32-10-6-7-11-33(32)39(37(36)21-20-30-22-31(38-40)23-34(42)35(30)41-37)24-25-12-14-27(15-13-25)29-18-16-28(17-19-29)26-8-4-3-5-9-26/h3-23,42H,24H2,1-2H3. The molecule has 4 nitrogen and oxygen atoms in total. The topological polar surface area (TPSA) is 41.9 Å². The van der Waals surface area contributed by atoms with E-state index in [2.05, 4.69) is 140 Å². The SMILES string of the molecule is CC1(C)c2ccccc2N(Cc2ccc(-c3ccc(-c4ccccc4)cc3)cc2)C12C=Cc1cc(N=O)cc(S)c1O2. The van der Waals surface area contributed by atoms with E-state index < -0.39 is 5.72 Å². The predicted molar refractivity (Wildman–Crippen MR) is 175 cm³/mol. The fraction of sp³-hybridized carbons (Fsp3) is 0.135. The van der Waals surface area contributed by atoms with Crippen LogP contribution in [0, 0.1) is 4.91 Å². The van der Waals surface area contributed by atoms with Gasteiger partial charge in [-0.3, -0.25) is 0 Å². The van der Waals surface area contributed by atoms with Crippen LogP contribution in [0.3, 0.4) is 0 Å². The number of anilines is 1. The van der Waals surface area contributed by atoms with E-state index in [1.54, 1.807) is 12.1 Å². The molecule has 1 spiro atoms. The van der Waals surface area contributed by atoms with Gasteiger partial charge in [-0.05, 0) is 82.8 Å². The number of ether oxygens (including phenoxy) is 1. The first-order chi connectivity index (χ1) is 20.4. The number of para-hydroxylation sites is 1. The van der Waals surface area contributed by atoms with Gasteiger partial charge in [-0.25, -0.2) is 0 Å². The van der Waals surface area contributed by atoms with E-state index >= 15 is 0 Å². The number of fused-ring (bicyclic) bond motifs is 2. The number of thiol groups is 1. The molecule has 0 fully saturated rings. The van der Waals surface area contributed by atoms with Crippen LogP contribution in [0.5, 0.6) is 5.75 Å². The second-order valence-electron chi connectivity index (χ2n) is 11.5. The number of hydrogen-bond acceptors (Lipinski definition) is 5. The Bertz CT molecular complexity index is 1830. The van der Waals surface area contributed by atoms with E-state index in [0.29, 0.717) is 22.9 Å². The zero-order valence-electron chi connectivity index (χ0n) is 23.5. The van der Waals surface area contributed by atoms with Crippen molar-refractivity contribution < 1.29 is 4.74 Å². The molecule has 2 aliphatic heterocycles. The van der Waals surface area contributed by atoms with Crippen LogP contribution >= 0.6 is 12.6 Å². The van der Waals surface area contributed by atoms with Gasteiger partial charge < -0.3 is 9.64 Å². The largest absolute Gasteiger partial charge is 0.462 e. The van der Waals surface area contributed by atoms with Gasteiger partial charge in [0.05, 0.1) is 5.41 Å². The van der Waals surface area contributed by atoms with Crippen molar-refractivity contribution in [1.82, 2.24) is 0 Å². The van der Waals surface area contributed by atoms with Gasteiger partial charge in [0.1, 0.15) is 11.4 Å². The second kappa shape index (κ2) is 10.0. The summed E-state index contributed by atoms with van der Waals surface area (Å²) in [6.45, 7) is 5.11. The van der Waals surface area contributed by atoms with Crippen LogP contribution in [0.4, 0.5) is 11.4 Å². The molecule has 0 aromatic heterocycles. The monoisotopic (exact) mass is 566 g/mol. The summed E-state index contributed by atoms with van der Waals surface area (Å²) in [5.74, 6) is 0.661. The summed E-state index contributed by atoms with van der Waals surface area (Å²) in [4.78, 5) is 14.2. The van der Waals surface area contributed by atoms with Crippen LogP contribution in [-0.4, -0.2) is 5.72 Å². The maximum Gasteiger partial charge on any atom is 0.212 e. The van der Waals surface area contributed by atoms with Gasteiger partial charge in [0, 0.05) is 22.7 Å². The van der Waals surface area contributed by atoms with Crippen LogP contribution in [0.2, 0.25) is 0 Å². The van der Waals surface area contributed by atoms with Gasteiger partial charge >= 0.3 is 0 Å². The molecule has 0 saturated carbocycles. The maximum atomic E-state index is 11.2. The molecule has 1 atom stereocenters. The van der Waals surface area contributed by atoms with Crippen molar-refractivity contribution in [3.8, 4) is 28.0 Å². The van der Waals surface area contributed by atoms with E-state index in [0.717, 1.165) is 11.3 Å². The van der Waals surface area contributed by atoms with E-state index in [4.69, 9.17) is 4.74 Å². The Morgan fingerprint density at radius 2 is 1.36 bits per heavy atom. The molecule has 0 aliphatic carbocycles. The first kappa shape index (κ1) is 26.3. The van der Waals surface area contributed by atoms with Crippen molar-refractivity contribution in [3.05, 3.63) is 143 Å². The van der Waals surface area contributed by atoms with E-state index in [9.17, 15) is 4.91 Å². The fourth-order valence-corrected chi connectivity index (χ4v) is 6.71. The van der Waals surface area contributed by atoms with Gasteiger partial charge in [-0.2, -0.15) is 0 Å². The second-order valence-corrected chi connectivity index (χ2v) is 12.0. The summed E-state index contributed by atoms with van der Waals surface area (Å²) in [5.41, 5.74) is 8.31. The molecule has 0 bridgehead atoms. The first-order valence-electron chi connectivity index (χ1n) is 14.1. The zero-order valence-corrected chi connectivity index (χ0v) is 24.4. The molecule has 5 aromatic rings.